The van der Waals surface area contributed by atoms with Gasteiger partial charge in [0.15, 0.2) is 0 Å². The van der Waals surface area contributed by atoms with Crippen LogP contribution in [-0.2, 0) is 26.2 Å². The van der Waals surface area contributed by atoms with Gasteiger partial charge in [-0.15, -0.1) is 0 Å². The smallest absolute Gasteiger partial charge is 0.264 e. The van der Waals surface area contributed by atoms with Crippen LogP contribution < -0.4 is 9.62 Å². The van der Waals surface area contributed by atoms with Gasteiger partial charge in [-0.3, -0.25) is 13.9 Å². The Morgan fingerprint density at radius 3 is 2.05 bits per heavy atom. The molecule has 0 radical (unpaired) electrons. The van der Waals surface area contributed by atoms with Gasteiger partial charge < -0.3 is 10.2 Å². The highest BCUT2D eigenvalue weighted by atomic mass is 32.2. The molecule has 1 atom stereocenters. The van der Waals surface area contributed by atoms with Crippen molar-refractivity contribution in [2.45, 2.75) is 50.7 Å². The van der Waals surface area contributed by atoms with E-state index >= 15 is 0 Å². The number of carbonyl (C=O) groups excluding carboxylic acids is 2. The molecule has 0 saturated carbocycles. The summed E-state index contributed by atoms with van der Waals surface area (Å²) in [5.74, 6) is -2.37. The largest absolute Gasteiger partial charge is 0.350 e. The standard InChI is InChI=1S/C28H31F2N3O4S/c1-20(27(35)31-28(2,3)4)32(18-21-10-8-9-13-25(21)30)26(34)19-33(23-11-6-5-7-12-23)38(36,37)24-16-14-22(29)15-17-24/h5-17,20H,18-19H2,1-4H3,(H,31,35). The lowest BCUT2D eigenvalue weighted by Crippen LogP contribution is -2.54. The summed E-state index contributed by atoms with van der Waals surface area (Å²) in [5.41, 5.74) is -0.230. The van der Waals surface area contributed by atoms with Crippen LogP contribution in [0.3, 0.4) is 0 Å². The highest BCUT2D eigenvalue weighted by molar-refractivity contribution is 7.92. The van der Waals surface area contributed by atoms with Crippen LogP contribution >= 0.6 is 0 Å². The van der Waals surface area contributed by atoms with Gasteiger partial charge in [-0.2, -0.15) is 0 Å². The number of hydrogen-bond donors (Lipinski definition) is 1. The number of halogens is 2. The number of para-hydroxylation sites is 1. The van der Waals surface area contributed by atoms with Crippen molar-refractivity contribution in [2.24, 2.45) is 0 Å². The minimum absolute atomic E-state index is 0.170. The van der Waals surface area contributed by atoms with Crippen LogP contribution in [0.25, 0.3) is 0 Å². The van der Waals surface area contributed by atoms with Gasteiger partial charge in [-0.1, -0.05) is 36.4 Å². The fraction of sp³-hybridized carbons (Fsp3) is 0.286. The monoisotopic (exact) mass is 543 g/mol. The summed E-state index contributed by atoms with van der Waals surface area (Å²) in [6.45, 7) is 5.92. The van der Waals surface area contributed by atoms with Gasteiger partial charge in [0, 0.05) is 17.6 Å². The maximum Gasteiger partial charge on any atom is 0.264 e. The van der Waals surface area contributed by atoms with Gasteiger partial charge in [0.1, 0.15) is 24.2 Å². The van der Waals surface area contributed by atoms with E-state index in [1.807, 2.05) is 0 Å². The van der Waals surface area contributed by atoms with Crippen LogP contribution in [0.1, 0.15) is 33.3 Å². The molecule has 0 fully saturated rings. The number of hydrogen-bond acceptors (Lipinski definition) is 4. The zero-order chi connectivity index (χ0) is 28.1. The Bertz CT molecular complexity index is 1380. The zero-order valence-electron chi connectivity index (χ0n) is 21.7. The summed E-state index contributed by atoms with van der Waals surface area (Å²) in [6, 6.07) is 17.0. The molecule has 10 heteroatoms. The van der Waals surface area contributed by atoms with Crippen molar-refractivity contribution in [2.75, 3.05) is 10.8 Å². The third-order valence-electron chi connectivity index (χ3n) is 5.69. The molecular weight excluding hydrogens is 512 g/mol. The Morgan fingerprint density at radius 2 is 1.47 bits per heavy atom. The number of sulfonamides is 1. The average Bonchev–Trinajstić information content (AvgIpc) is 2.86. The minimum Gasteiger partial charge on any atom is -0.350 e. The predicted octanol–water partition coefficient (Wildman–Crippen LogP) is 4.49. The molecule has 202 valence electrons. The summed E-state index contributed by atoms with van der Waals surface area (Å²) in [4.78, 5) is 27.7. The molecule has 1 unspecified atom stereocenters. The second-order valence-electron chi connectivity index (χ2n) is 9.83. The number of benzene rings is 3. The predicted molar refractivity (Wildman–Crippen MR) is 142 cm³/mol. The summed E-state index contributed by atoms with van der Waals surface area (Å²) >= 11 is 0. The lowest BCUT2D eigenvalue weighted by molar-refractivity contribution is -0.140. The van der Waals surface area contributed by atoms with Crippen LogP contribution in [0.4, 0.5) is 14.5 Å². The van der Waals surface area contributed by atoms with Crippen molar-refractivity contribution in [3.05, 3.63) is 96.1 Å². The third kappa shape index (κ3) is 7.16. The lowest BCUT2D eigenvalue weighted by Gasteiger charge is -2.33. The highest BCUT2D eigenvalue weighted by Gasteiger charge is 2.33. The van der Waals surface area contributed by atoms with E-state index in [-0.39, 0.29) is 22.7 Å². The fourth-order valence-electron chi connectivity index (χ4n) is 3.72. The maximum absolute atomic E-state index is 14.5. The van der Waals surface area contributed by atoms with E-state index in [9.17, 15) is 26.8 Å². The van der Waals surface area contributed by atoms with Crippen molar-refractivity contribution < 1.29 is 26.8 Å². The molecule has 7 nitrogen and oxygen atoms in total. The summed E-state index contributed by atoms with van der Waals surface area (Å²) in [5, 5.41) is 2.81. The molecule has 2 amide bonds. The first-order chi connectivity index (χ1) is 17.8. The lowest BCUT2D eigenvalue weighted by atomic mass is 10.1. The second-order valence-corrected chi connectivity index (χ2v) is 11.7. The van der Waals surface area contributed by atoms with E-state index in [1.165, 1.54) is 37.3 Å². The number of rotatable bonds is 9. The Kier molecular flexibility index (Phi) is 8.88. The number of amides is 2. The minimum atomic E-state index is -4.31. The van der Waals surface area contributed by atoms with E-state index in [2.05, 4.69) is 5.32 Å². The number of carbonyl (C=O) groups is 2. The van der Waals surface area contributed by atoms with E-state index in [0.29, 0.717) is 0 Å². The Labute approximate surface area is 222 Å². The topological polar surface area (TPSA) is 86.8 Å². The van der Waals surface area contributed by atoms with E-state index < -0.39 is 51.6 Å². The van der Waals surface area contributed by atoms with Crippen LogP contribution in [0.15, 0.2) is 83.8 Å². The van der Waals surface area contributed by atoms with Crippen molar-refractivity contribution in [3.63, 3.8) is 0 Å². The molecule has 0 aliphatic rings. The quantitative estimate of drug-likeness (QED) is 0.431. The van der Waals surface area contributed by atoms with Crippen molar-refractivity contribution in [1.82, 2.24) is 10.2 Å². The molecule has 38 heavy (non-hydrogen) atoms. The first-order valence-electron chi connectivity index (χ1n) is 12.0. The molecule has 0 bridgehead atoms. The van der Waals surface area contributed by atoms with Crippen molar-refractivity contribution >= 4 is 27.5 Å². The van der Waals surface area contributed by atoms with E-state index in [0.717, 1.165) is 33.5 Å². The molecule has 1 N–H and O–H groups in total. The molecule has 0 saturated heterocycles. The number of nitrogens with one attached hydrogen (secondary N) is 1. The van der Waals surface area contributed by atoms with Crippen molar-refractivity contribution in [1.29, 1.82) is 0 Å². The Hall–Kier alpha value is -3.79. The molecule has 3 rings (SSSR count). The van der Waals surface area contributed by atoms with Gasteiger partial charge in [0.05, 0.1) is 10.6 Å². The Morgan fingerprint density at radius 1 is 0.895 bits per heavy atom. The molecule has 0 aliphatic heterocycles. The molecule has 0 spiro atoms. The molecule has 3 aromatic rings. The molecular formula is C28H31F2N3O4S. The maximum atomic E-state index is 14.5. The normalized spacial score (nSPS) is 12.5. The van der Waals surface area contributed by atoms with Gasteiger partial charge in [0.25, 0.3) is 10.0 Å². The van der Waals surface area contributed by atoms with E-state index in [1.54, 1.807) is 45.0 Å². The van der Waals surface area contributed by atoms with Gasteiger partial charge >= 0.3 is 0 Å². The molecule has 0 aliphatic carbocycles. The summed E-state index contributed by atoms with van der Waals surface area (Å²) in [6.07, 6.45) is 0. The zero-order valence-corrected chi connectivity index (χ0v) is 22.5. The van der Waals surface area contributed by atoms with Crippen molar-refractivity contribution in [3.8, 4) is 0 Å². The van der Waals surface area contributed by atoms with Crippen LogP contribution in [0, 0.1) is 11.6 Å². The first-order valence-corrected chi connectivity index (χ1v) is 13.4. The van der Waals surface area contributed by atoms with Crippen LogP contribution in [0.2, 0.25) is 0 Å². The van der Waals surface area contributed by atoms with E-state index in [4.69, 9.17) is 0 Å². The Balaban J connectivity index is 2.02. The third-order valence-corrected chi connectivity index (χ3v) is 7.48. The summed E-state index contributed by atoms with van der Waals surface area (Å²) < 4.78 is 56.1. The number of nitrogens with zero attached hydrogens (tertiary/aromatic N) is 2. The summed E-state index contributed by atoms with van der Waals surface area (Å²) in [7, 11) is -4.31. The second kappa shape index (κ2) is 11.7. The van der Waals surface area contributed by atoms with Crippen LogP contribution in [0.5, 0.6) is 0 Å². The molecule has 3 aromatic carbocycles. The first kappa shape index (κ1) is 28.8. The van der Waals surface area contributed by atoms with Crippen LogP contribution in [-0.4, -0.2) is 43.3 Å². The number of anilines is 1. The SMILES string of the molecule is CC(C(=O)NC(C)(C)C)N(Cc1ccccc1F)C(=O)CN(c1ccccc1)S(=O)(=O)c1ccc(F)cc1. The molecule has 0 heterocycles. The average molecular weight is 544 g/mol. The van der Waals surface area contributed by atoms with Gasteiger partial charge in [0.2, 0.25) is 11.8 Å². The fourth-order valence-corrected chi connectivity index (χ4v) is 5.14. The molecule has 0 aromatic heterocycles. The van der Waals surface area contributed by atoms with Gasteiger partial charge in [-0.25, -0.2) is 17.2 Å². The van der Waals surface area contributed by atoms with Gasteiger partial charge in [-0.05, 0) is 70.2 Å². The highest BCUT2D eigenvalue weighted by Crippen LogP contribution is 2.25.